The lowest BCUT2D eigenvalue weighted by Crippen LogP contribution is -2.04. The number of nitro groups is 1. The second kappa shape index (κ2) is 9.84. The Labute approximate surface area is 150 Å². The number of benzene rings is 1. The lowest BCUT2D eigenvalue weighted by molar-refractivity contribution is -0.384. The molecule has 0 radical (unpaired) electrons. The van der Waals surface area contributed by atoms with Gasteiger partial charge in [0.1, 0.15) is 0 Å². The van der Waals surface area contributed by atoms with Crippen LogP contribution in [0.2, 0.25) is 0 Å². The van der Waals surface area contributed by atoms with Gasteiger partial charge in [-0.15, -0.1) is 0 Å². The molecule has 9 nitrogen and oxygen atoms in total. The Kier molecular flexibility index (Phi) is 7.84. The monoisotopic (exact) mass is 359 g/mol. The van der Waals surface area contributed by atoms with Gasteiger partial charge in [-0.1, -0.05) is 6.07 Å². The van der Waals surface area contributed by atoms with Crippen molar-refractivity contribution in [2.75, 3.05) is 6.61 Å². The van der Waals surface area contributed by atoms with Crippen molar-refractivity contribution in [1.82, 2.24) is 4.98 Å². The third kappa shape index (κ3) is 5.08. The highest BCUT2D eigenvalue weighted by molar-refractivity contribution is 6.05. The van der Waals surface area contributed by atoms with E-state index in [1.165, 1.54) is 12.1 Å². The Morgan fingerprint density at radius 3 is 2.58 bits per heavy atom. The summed E-state index contributed by atoms with van der Waals surface area (Å²) in [6.45, 7) is 5.46. The van der Waals surface area contributed by atoms with E-state index < -0.39 is 4.92 Å². The first-order chi connectivity index (χ1) is 12.4. The van der Waals surface area contributed by atoms with E-state index in [2.05, 4.69) is 15.0 Å². The highest BCUT2D eigenvalue weighted by Gasteiger charge is 2.14. The summed E-state index contributed by atoms with van der Waals surface area (Å²) in [5, 5.41) is 18.5. The molecule has 2 rings (SSSR count). The number of carbonyl (C=O) groups excluding carboxylic acids is 1. The van der Waals surface area contributed by atoms with Crippen LogP contribution in [0, 0.1) is 24.0 Å². The Morgan fingerprint density at radius 2 is 2.08 bits per heavy atom. The molecular weight excluding hydrogens is 338 g/mol. The average Bonchev–Trinajstić information content (AvgIpc) is 2.97. The van der Waals surface area contributed by atoms with Gasteiger partial charge in [-0.05, 0) is 31.9 Å². The quantitative estimate of drug-likeness (QED) is 0.252. The average molecular weight is 359 g/mol. The number of aryl methyl sites for hydroxylation is 1. The molecule has 1 aromatic carbocycles. The number of aromatic nitrogens is 1. The number of carbonyl (C=O) groups is 1. The van der Waals surface area contributed by atoms with Gasteiger partial charge in [0.15, 0.2) is 12.1 Å². The number of nitrogens with one attached hydrogen (secondary N) is 1. The molecule has 0 spiro atoms. The second-order valence-electron chi connectivity index (χ2n) is 5.12. The number of aldehydes is 1. The predicted octanol–water partition coefficient (Wildman–Crippen LogP) is 2.42. The van der Waals surface area contributed by atoms with Gasteiger partial charge in [-0.3, -0.25) is 14.9 Å². The molecule has 0 unspecified atom stereocenters. The van der Waals surface area contributed by atoms with Crippen molar-refractivity contribution in [1.29, 1.82) is 0 Å². The number of rotatable bonds is 4. The molecule has 0 aliphatic rings. The number of non-ortho nitro benzene ring substituents is 1. The maximum absolute atomic E-state index is 11.0. The standard InChI is InChI=1S/C15H15N5O3.C2H6O/c1-9-3-4-12(20(22)23)5-13(9)19-15(18-8-16)14-10(2)11(7-21)6-17-14;1-2-3/h3-8,17H,1-2H3,(H2,16,18,19);3H,2H2,1H3. The highest BCUT2D eigenvalue weighted by Crippen LogP contribution is 2.26. The van der Waals surface area contributed by atoms with E-state index in [9.17, 15) is 14.9 Å². The van der Waals surface area contributed by atoms with Gasteiger partial charge < -0.3 is 15.8 Å². The molecule has 4 N–H and O–H groups in total. The van der Waals surface area contributed by atoms with Crippen molar-refractivity contribution >= 4 is 29.8 Å². The number of aliphatic imine (C=N–C) groups is 2. The molecule has 0 atom stereocenters. The number of aliphatic hydroxyl groups excluding tert-OH is 1. The fraction of sp³-hybridized carbons (Fsp3) is 0.235. The smallest absolute Gasteiger partial charge is 0.271 e. The summed E-state index contributed by atoms with van der Waals surface area (Å²) >= 11 is 0. The topological polar surface area (TPSA) is 147 Å². The van der Waals surface area contributed by atoms with Gasteiger partial charge in [0.25, 0.3) is 5.69 Å². The minimum atomic E-state index is -0.491. The number of H-pyrrole nitrogens is 1. The Balaban J connectivity index is 0.00000105. The van der Waals surface area contributed by atoms with Crippen molar-refractivity contribution in [3.8, 4) is 0 Å². The summed E-state index contributed by atoms with van der Waals surface area (Å²) in [6.07, 6.45) is 3.34. The zero-order valence-electron chi connectivity index (χ0n) is 14.8. The summed E-state index contributed by atoms with van der Waals surface area (Å²) in [6, 6.07) is 4.38. The Hall–Kier alpha value is -3.33. The van der Waals surface area contributed by atoms with Crippen LogP contribution >= 0.6 is 0 Å². The van der Waals surface area contributed by atoms with Crippen molar-refractivity contribution in [2.24, 2.45) is 15.7 Å². The lowest BCUT2D eigenvalue weighted by atomic mass is 10.1. The number of aromatic amines is 1. The number of nitro benzene ring substituents is 1. The lowest BCUT2D eigenvalue weighted by Gasteiger charge is -2.04. The number of amidine groups is 1. The summed E-state index contributed by atoms with van der Waals surface area (Å²) in [4.78, 5) is 32.6. The van der Waals surface area contributed by atoms with Crippen LogP contribution in [0.5, 0.6) is 0 Å². The normalized spacial score (nSPS) is 11.2. The molecule has 0 fully saturated rings. The number of hydrogen-bond donors (Lipinski definition) is 3. The van der Waals surface area contributed by atoms with E-state index in [4.69, 9.17) is 10.8 Å². The van der Waals surface area contributed by atoms with E-state index in [-0.39, 0.29) is 18.1 Å². The molecule has 138 valence electrons. The zero-order valence-corrected chi connectivity index (χ0v) is 14.8. The van der Waals surface area contributed by atoms with Crippen LogP contribution in [0.1, 0.15) is 34.1 Å². The van der Waals surface area contributed by atoms with E-state index >= 15 is 0 Å². The van der Waals surface area contributed by atoms with Crippen molar-refractivity contribution < 1.29 is 14.8 Å². The third-order valence-electron chi connectivity index (χ3n) is 3.36. The summed E-state index contributed by atoms with van der Waals surface area (Å²) in [5.74, 6) is 0.238. The predicted molar refractivity (Wildman–Crippen MR) is 100 cm³/mol. The molecule has 1 aromatic heterocycles. The Morgan fingerprint density at radius 1 is 1.42 bits per heavy atom. The van der Waals surface area contributed by atoms with Gasteiger partial charge in [-0.25, -0.2) is 9.98 Å². The molecular formula is C17H21N5O4. The molecule has 2 aromatic rings. The SMILES string of the molecule is CCO.Cc1ccc([N+](=O)[O-])cc1N=C(N=CN)c1[nH]cc(C=O)c1C. The molecule has 0 aliphatic carbocycles. The van der Waals surface area contributed by atoms with Crippen LogP contribution in [0.25, 0.3) is 0 Å². The largest absolute Gasteiger partial charge is 0.397 e. The van der Waals surface area contributed by atoms with Crippen LogP contribution < -0.4 is 5.73 Å². The molecule has 9 heteroatoms. The Bertz CT molecular complexity index is 840. The van der Waals surface area contributed by atoms with E-state index in [0.29, 0.717) is 22.5 Å². The first kappa shape index (κ1) is 20.7. The van der Waals surface area contributed by atoms with Crippen LogP contribution in [-0.4, -0.2) is 40.1 Å². The van der Waals surface area contributed by atoms with Crippen LogP contribution in [0.4, 0.5) is 11.4 Å². The molecule has 0 saturated heterocycles. The maximum Gasteiger partial charge on any atom is 0.271 e. The number of hydrogen-bond acceptors (Lipinski definition) is 5. The van der Waals surface area contributed by atoms with E-state index in [1.807, 2.05) is 0 Å². The van der Waals surface area contributed by atoms with Gasteiger partial charge in [-0.2, -0.15) is 0 Å². The van der Waals surface area contributed by atoms with Gasteiger partial charge in [0.2, 0.25) is 0 Å². The van der Waals surface area contributed by atoms with Crippen molar-refractivity contribution in [2.45, 2.75) is 20.8 Å². The molecule has 0 amide bonds. The minimum Gasteiger partial charge on any atom is -0.397 e. The fourth-order valence-electron chi connectivity index (χ4n) is 2.03. The van der Waals surface area contributed by atoms with E-state index in [0.717, 1.165) is 18.2 Å². The second-order valence-corrected chi connectivity index (χ2v) is 5.12. The molecule has 0 bridgehead atoms. The molecule has 26 heavy (non-hydrogen) atoms. The first-order valence-electron chi connectivity index (χ1n) is 7.71. The van der Waals surface area contributed by atoms with Gasteiger partial charge >= 0.3 is 0 Å². The van der Waals surface area contributed by atoms with Crippen LogP contribution in [0.3, 0.4) is 0 Å². The van der Waals surface area contributed by atoms with E-state index in [1.54, 1.807) is 33.0 Å². The number of nitrogens with zero attached hydrogens (tertiary/aromatic N) is 3. The summed E-state index contributed by atoms with van der Waals surface area (Å²) in [7, 11) is 0. The summed E-state index contributed by atoms with van der Waals surface area (Å²) in [5.41, 5.74) is 8.13. The van der Waals surface area contributed by atoms with Crippen LogP contribution in [0.15, 0.2) is 34.4 Å². The minimum absolute atomic E-state index is 0.0674. The van der Waals surface area contributed by atoms with Gasteiger partial charge in [0, 0.05) is 30.5 Å². The molecule has 1 heterocycles. The fourth-order valence-corrected chi connectivity index (χ4v) is 2.03. The van der Waals surface area contributed by atoms with Crippen molar-refractivity contribution in [3.05, 3.63) is 56.9 Å². The maximum atomic E-state index is 11.0. The number of aliphatic hydroxyl groups is 1. The van der Waals surface area contributed by atoms with Gasteiger partial charge in [0.05, 0.1) is 22.6 Å². The first-order valence-corrected chi connectivity index (χ1v) is 7.71. The number of nitrogens with two attached hydrogens (primary N) is 1. The highest BCUT2D eigenvalue weighted by atomic mass is 16.6. The van der Waals surface area contributed by atoms with Crippen molar-refractivity contribution in [3.63, 3.8) is 0 Å². The third-order valence-corrected chi connectivity index (χ3v) is 3.36. The molecule has 0 saturated carbocycles. The molecule has 0 aliphatic heterocycles. The zero-order chi connectivity index (χ0) is 19.7. The van der Waals surface area contributed by atoms with Crippen LogP contribution in [-0.2, 0) is 0 Å². The summed E-state index contributed by atoms with van der Waals surface area (Å²) < 4.78 is 0.